The van der Waals surface area contributed by atoms with Gasteiger partial charge in [0.15, 0.2) is 5.78 Å². The number of carbonyl (C=O) groups is 1. The maximum absolute atomic E-state index is 12.8. The molecule has 3 nitrogen and oxygen atoms in total. The molecule has 1 fully saturated rings. The maximum Gasteiger partial charge on any atom is 0.164 e. The van der Waals surface area contributed by atoms with Crippen molar-refractivity contribution in [2.75, 3.05) is 33.2 Å². The summed E-state index contributed by atoms with van der Waals surface area (Å²) in [4.78, 5) is 17.5. The van der Waals surface area contributed by atoms with Crippen LogP contribution in [0.4, 0.5) is 0 Å². The Morgan fingerprint density at radius 1 is 1.00 bits per heavy atom. The molecule has 1 aliphatic rings. The van der Waals surface area contributed by atoms with Gasteiger partial charge in [-0.2, -0.15) is 0 Å². The first kappa shape index (κ1) is 17.2. The van der Waals surface area contributed by atoms with Crippen LogP contribution in [0.15, 0.2) is 54.6 Å². The molecule has 0 aromatic heterocycles. The molecule has 4 heteroatoms. The molecule has 0 aliphatic carbocycles. The molecule has 0 saturated carbocycles. The van der Waals surface area contributed by atoms with Gasteiger partial charge in [-0.05, 0) is 36.9 Å². The van der Waals surface area contributed by atoms with Gasteiger partial charge in [0.2, 0.25) is 0 Å². The molecule has 1 unspecified atom stereocenters. The van der Waals surface area contributed by atoms with Gasteiger partial charge in [-0.3, -0.25) is 9.69 Å². The number of carbonyl (C=O) groups excluding carboxylic acids is 1. The predicted octanol–water partition coefficient (Wildman–Crippen LogP) is 3.90. The van der Waals surface area contributed by atoms with Crippen LogP contribution in [0.5, 0.6) is 0 Å². The molecule has 0 radical (unpaired) electrons. The van der Waals surface area contributed by atoms with Crippen molar-refractivity contribution < 1.29 is 4.79 Å². The highest BCUT2D eigenvalue weighted by Crippen LogP contribution is 2.27. The van der Waals surface area contributed by atoms with Gasteiger partial charge >= 0.3 is 0 Å². The lowest BCUT2D eigenvalue weighted by atomic mass is 9.96. The van der Waals surface area contributed by atoms with E-state index in [1.807, 2.05) is 30.3 Å². The number of halogens is 1. The van der Waals surface area contributed by atoms with E-state index in [-0.39, 0.29) is 11.8 Å². The molecular weight excluding hydrogens is 320 g/mol. The number of hydrogen-bond donors (Lipinski definition) is 0. The number of hydrogen-bond acceptors (Lipinski definition) is 3. The summed E-state index contributed by atoms with van der Waals surface area (Å²) in [6.07, 6.45) is 0.495. The summed E-state index contributed by atoms with van der Waals surface area (Å²) >= 11 is 5.93. The summed E-state index contributed by atoms with van der Waals surface area (Å²) < 4.78 is 0. The number of nitrogens with zero attached hydrogens (tertiary/aromatic N) is 2. The Labute approximate surface area is 148 Å². The van der Waals surface area contributed by atoms with Crippen LogP contribution in [0.2, 0.25) is 5.02 Å². The van der Waals surface area contributed by atoms with E-state index in [2.05, 4.69) is 29.0 Å². The molecule has 2 aromatic carbocycles. The Balaban J connectivity index is 1.79. The van der Waals surface area contributed by atoms with E-state index in [4.69, 9.17) is 11.6 Å². The van der Waals surface area contributed by atoms with E-state index in [1.165, 1.54) is 5.56 Å². The lowest BCUT2D eigenvalue weighted by Crippen LogP contribution is -2.46. The van der Waals surface area contributed by atoms with E-state index in [1.54, 1.807) is 12.1 Å². The zero-order valence-electron chi connectivity index (χ0n) is 14.0. The van der Waals surface area contributed by atoms with Crippen molar-refractivity contribution >= 4 is 17.4 Å². The van der Waals surface area contributed by atoms with E-state index >= 15 is 0 Å². The van der Waals surface area contributed by atoms with Crippen molar-refractivity contribution in [2.24, 2.45) is 0 Å². The minimum absolute atomic E-state index is 0.128. The van der Waals surface area contributed by atoms with E-state index in [9.17, 15) is 4.79 Å². The van der Waals surface area contributed by atoms with Crippen LogP contribution >= 0.6 is 11.6 Å². The molecule has 1 saturated heterocycles. The fourth-order valence-corrected chi connectivity index (χ4v) is 3.32. The highest BCUT2D eigenvalue weighted by atomic mass is 35.5. The van der Waals surface area contributed by atoms with Crippen LogP contribution in [0.25, 0.3) is 0 Å². The Morgan fingerprint density at radius 3 is 2.25 bits per heavy atom. The number of benzene rings is 2. The van der Waals surface area contributed by atoms with Gasteiger partial charge in [0, 0.05) is 49.2 Å². The van der Waals surface area contributed by atoms with Crippen molar-refractivity contribution in [1.29, 1.82) is 0 Å². The first-order chi connectivity index (χ1) is 11.6. The zero-order valence-corrected chi connectivity index (χ0v) is 14.7. The number of likely N-dealkylation sites (N-methyl/N-ethyl adjacent to an activating group) is 1. The molecule has 3 rings (SSSR count). The second-order valence-electron chi connectivity index (χ2n) is 6.40. The molecule has 24 heavy (non-hydrogen) atoms. The van der Waals surface area contributed by atoms with Gasteiger partial charge in [0.1, 0.15) is 0 Å². The Morgan fingerprint density at radius 2 is 1.62 bits per heavy atom. The van der Waals surface area contributed by atoms with Gasteiger partial charge in [-0.25, -0.2) is 0 Å². The van der Waals surface area contributed by atoms with Crippen molar-refractivity contribution in [3.8, 4) is 0 Å². The second-order valence-corrected chi connectivity index (χ2v) is 6.84. The van der Waals surface area contributed by atoms with Crippen LogP contribution in [0, 0.1) is 0 Å². The number of piperazine rings is 1. The number of rotatable bonds is 5. The van der Waals surface area contributed by atoms with Crippen LogP contribution in [-0.2, 0) is 0 Å². The minimum atomic E-state index is 0.128. The highest BCUT2D eigenvalue weighted by Gasteiger charge is 2.26. The average molecular weight is 343 g/mol. The van der Waals surface area contributed by atoms with Gasteiger partial charge in [0.25, 0.3) is 0 Å². The van der Waals surface area contributed by atoms with Gasteiger partial charge < -0.3 is 4.90 Å². The monoisotopic (exact) mass is 342 g/mol. The average Bonchev–Trinajstić information content (AvgIpc) is 2.62. The molecular formula is C20H23ClN2O. The highest BCUT2D eigenvalue weighted by molar-refractivity contribution is 6.30. The third-order valence-corrected chi connectivity index (χ3v) is 4.96. The first-order valence-electron chi connectivity index (χ1n) is 8.40. The van der Waals surface area contributed by atoms with Gasteiger partial charge in [0.05, 0.1) is 0 Å². The molecule has 0 amide bonds. The predicted molar refractivity (Wildman–Crippen MR) is 98.7 cm³/mol. The second kappa shape index (κ2) is 7.93. The largest absolute Gasteiger partial charge is 0.304 e. The van der Waals surface area contributed by atoms with Crippen LogP contribution in [-0.4, -0.2) is 48.8 Å². The zero-order chi connectivity index (χ0) is 16.9. The first-order valence-corrected chi connectivity index (χ1v) is 8.77. The molecule has 0 spiro atoms. The standard InChI is InChI=1S/C20H23ClN2O/c1-22-11-13-23(14-12-22)19(16-5-3-2-4-6-16)15-20(24)17-7-9-18(21)10-8-17/h2-10,19H,11-15H2,1H3. The van der Waals surface area contributed by atoms with Crippen molar-refractivity contribution in [3.05, 3.63) is 70.7 Å². The fourth-order valence-electron chi connectivity index (χ4n) is 3.20. The number of Topliss-reactive ketones (excluding diaryl/α,β-unsaturated/α-hetero) is 1. The normalized spacial score (nSPS) is 17.6. The molecule has 0 bridgehead atoms. The van der Waals surface area contributed by atoms with E-state index in [0.29, 0.717) is 11.4 Å². The third kappa shape index (κ3) is 4.23. The van der Waals surface area contributed by atoms with Crippen LogP contribution in [0.3, 0.4) is 0 Å². The maximum atomic E-state index is 12.8. The van der Waals surface area contributed by atoms with Crippen LogP contribution < -0.4 is 0 Å². The van der Waals surface area contributed by atoms with E-state index < -0.39 is 0 Å². The quantitative estimate of drug-likeness (QED) is 0.770. The summed E-state index contributed by atoms with van der Waals surface area (Å²) in [7, 11) is 2.15. The summed E-state index contributed by atoms with van der Waals surface area (Å²) in [6.45, 7) is 4.06. The summed E-state index contributed by atoms with van der Waals surface area (Å²) in [6, 6.07) is 17.7. The van der Waals surface area contributed by atoms with Crippen molar-refractivity contribution in [2.45, 2.75) is 12.5 Å². The molecule has 2 aromatic rings. The molecule has 1 atom stereocenters. The molecule has 126 valence electrons. The van der Waals surface area contributed by atoms with E-state index in [0.717, 1.165) is 31.7 Å². The third-order valence-electron chi connectivity index (χ3n) is 4.71. The summed E-state index contributed by atoms with van der Waals surface area (Å²) in [5, 5.41) is 0.658. The van der Waals surface area contributed by atoms with Gasteiger partial charge in [-0.15, -0.1) is 0 Å². The van der Waals surface area contributed by atoms with Gasteiger partial charge in [-0.1, -0.05) is 41.9 Å². The fraction of sp³-hybridized carbons (Fsp3) is 0.350. The van der Waals surface area contributed by atoms with Crippen molar-refractivity contribution in [1.82, 2.24) is 9.80 Å². The number of ketones is 1. The Bertz CT molecular complexity index is 664. The minimum Gasteiger partial charge on any atom is -0.304 e. The van der Waals surface area contributed by atoms with Crippen LogP contribution in [0.1, 0.15) is 28.4 Å². The topological polar surface area (TPSA) is 23.6 Å². The molecule has 0 N–H and O–H groups in total. The summed E-state index contributed by atoms with van der Waals surface area (Å²) in [5.41, 5.74) is 1.94. The molecule has 1 aliphatic heterocycles. The molecule has 1 heterocycles. The Kier molecular flexibility index (Phi) is 5.67. The smallest absolute Gasteiger partial charge is 0.164 e. The lowest BCUT2D eigenvalue weighted by molar-refractivity contribution is 0.0822. The van der Waals surface area contributed by atoms with Crippen molar-refractivity contribution in [3.63, 3.8) is 0 Å². The lowest BCUT2D eigenvalue weighted by Gasteiger charge is -2.38. The Hall–Kier alpha value is -1.68. The summed E-state index contributed by atoms with van der Waals surface area (Å²) in [5.74, 6) is 0.166. The SMILES string of the molecule is CN1CCN(C(CC(=O)c2ccc(Cl)cc2)c2ccccc2)CC1.